The van der Waals surface area contributed by atoms with Crippen molar-refractivity contribution in [3.8, 4) is 0 Å². The van der Waals surface area contributed by atoms with E-state index in [2.05, 4.69) is 23.7 Å². The van der Waals surface area contributed by atoms with Crippen LogP contribution in [0.5, 0.6) is 0 Å². The molecule has 1 heterocycles. The first kappa shape index (κ1) is 16.0. The molecule has 0 aromatic heterocycles. The van der Waals surface area contributed by atoms with Gasteiger partial charge in [0, 0.05) is 19.6 Å². The maximum atomic E-state index is 5.97. The van der Waals surface area contributed by atoms with E-state index in [0.29, 0.717) is 0 Å². The monoisotopic (exact) mass is 339 g/mol. The quantitative estimate of drug-likeness (QED) is 0.370. The Morgan fingerprint density at radius 2 is 2.19 bits per heavy atom. The van der Waals surface area contributed by atoms with Gasteiger partial charge >= 0.3 is 0 Å². The van der Waals surface area contributed by atoms with E-state index in [4.69, 9.17) is 5.73 Å². The molecule has 0 radical (unpaired) electrons. The van der Waals surface area contributed by atoms with Crippen LogP contribution >= 0.6 is 24.0 Å². The van der Waals surface area contributed by atoms with Crippen LogP contribution in [-0.2, 0) is 0 Å². The summed E-state index contributed by atoms with van der Waals surface area (Å²) in [5, 5.41) is 0. The van der Waals surface area contributed by atoms with Gasteiger partial charge in [-0.3, -0.25) is 4.99 Å². The van der Waals surface area contributed by atoms with Gasteiger partial charge < -0.3 is 10.6 Å². The number of nitrogens with zero attached hydrogens (tertiary/aromatic N) is 2. The molecule has 1 atom stereocenters. The van der Waals surface area contributed by atoms with Gasteiger partial charge in [-0.2, -0.15) is 0 Å². The fourth-order valence-electron chi connectivity index (χ4n) is 2.05. The summed E-state index contributed by atoms with van der Waals surface area (Å²) in [5.74, 6) is 1.53. The first-order valence-corrected chi connectivity index (χ1v) is 6.29. The van der Waals surface area contributed by atoms with Crippen molar-refractivity contribution >= 4 is 29.9 Å². The highest BCUT2D eigenvalue weighted by molar-refractivity contribution is 14.0. The lowest BCUT2D eigenvalue weighted by Gasteiger charge is -2.31. The molecule has 3 nitrogen and oxygen atoms in total. The molecule has 1 aliphatic heterocycles. The Morgan fingerprint density at radius 3 is 2.81 bits per heavy atom. The minimum atomic E-state index is 0. The molecule has 16 heavy (non-hydrogen) atoms. The highest BCUT2D eigenvalue weighted by Gasteiger charge is 2.17. The Hall–Kier alpha value is 0. The molecule has 4 heteroatoms. The number of halogens is 1. The van der Waals surface area contributed by atoms with E-state index in [1.165, 1.54) is 32.1 Å². The number of guanidine groups is 1. The normalized spacial score (nSPS) is 21.8. The van der Waals surface area contributed by atoms with E-state index >= 15 is 0 Å². The number of nitrogens with two attached hydrogens (primary N) is 1. The molecule has 0 spiro atoms. The highest BCUT2D eigenvalue weighted by atomic mass is 127. The summed E-state index contributed by atoms with van der Waals surface area (Å²) in [6.45, 7) is 7.57. The number of hydrogen-bond acceptors (Lipinski definition) is 1. The summed E-state index contributed by atoms with van der Waals surface area (Å²) in [4.78, 5) is 6.68. The third-order valence-corrected chi connectivity index (χ3v) is 3.02. The zero-order chi connectivity index (χ0) is 11.1. The van der Waals surface area contributed by atoms with Crippen LogP contribution in [0.1, 0.15) is 46.0 Å². The Kier molecular flexibility index (Phi) is 9.07. The van der Waals surface area contributed by atoms with E-state index in [0.717, 1.165) is 31.5 Å². The molecule has 2 N–H and O–H groups in total. The summed E-state index contributed by atoms with van der Waals surface area (Å²) in [7, 11) is 0. The number of unbranched alkanes of at least 4 members (excludes halogenated alkanes) is 2. The predicted molar refractivity (Wildman–Crippen MR) is 81.4 cm³/mol. The van der Waals surface area contributed by atoms with Crippen LogP contribution < -0.4 is 5.73 Å². The minimum Gasteiger partial charge on any atom is -0.370 e. The molecule has 1 unspecified atom stereocenters. The second-order valence-electron chi connectivity index (χ2n) is 4.64. The Morgan fingerprint density at radius 1 is 1.44 bits per heavy atom. The summed E-state index contributed by atoms with van der Waals surface area (Å²) >= 11 is 0. The Bertz CT molecular complexity index is 206. The van der Waals surface area contributed by atoms with Crippen molar-refractivity contribution in [3.63, 3.8) is 0 Å². The van der Waals surface area contributed by atoms with Gasteiger partial charge in [-0.05, 0) is 25.2 Å². The van der Waals surface area contributed by atoms with Gasteiger partial charge in [-0.15, -0.1) is 24.0 Å². The molecule has 1 saturated heterocycles. The third kappa shape index (κ3) is 5.92. The van der Waals surface area contributed by atoms with Crippen LogP contribution in [0.2, 0.25) is 0 Å². The lowest BCUT2D eigenvalue weighted by atomic mass is 10.0. The zero-order valence-corrected chi connectivity index (χ0v) is 12.9. The molecule has 0 aliphatic carbocycles. The Labute approximate surface area is 117 Å². The van der Waals surface area contributed by atoms with Crippen molar-refractivity contribution in [3.05, 3.63) is 0 Å². The van der Waals surface area contributed by atoms with Crippen LogP contribution in [-0.4, -0.2) is 30.5 Å². The molecule has 96 valence electrons. The van der Waals surface area contributed by atoms with E-state index in [1.54, 1.807) is 0 Å². The number of hydrogen-bond donors (Lipinski definition) is 1. The summed E-state index contributed by atoms with van der Waals surface area (Å²) in [6.07, 6.45) is 6.26. The molecule has 1 aliphatic rings. The molecule has 0 saturated carbocycles. The van der Waals surface area contributed by atoms with Gasteiger partial charge in [-0.25, -0.2) is 0 Å². The fourth-order valence-corrected chi connectivity index (χ4v) is 2.05. The fraction of sp³-hybridized carbons (Fsp3) is 0.917. The van der Waals surface area contributed by atoms with Gasteiger partial charge in [0.25, 0.3) is 0 Å². The third-order valence-electron chi connectivity index (χ3n) is 3.02. The summed E-state index contributed by atoms with van der Waals surface area (Å²) < 4.78 is 0. The minimum absolute atomic E-state index is 0. The average molecular weight is 339 g/mol. The summed E-state index contributed by atoms with van der Waals surface area (Å²) in [6, 6.07) is 0. The lowest BCUT2D eigenvalue weighted by molar-refractivity contribution is 0.270. The number of rotatable bonds is 4. The van der Waals surface area contributed by atoms with Crippen molar-refractivity contribution in [1.82, 2.24) is 4.90 Å². The molecule has 1 fully saturated rings. The standard InChI is InChI=1S/C12H25N3.HI/c1-3-4-5-8-14-12(13)15-9-6-7-11(2)10-15;/h11H,3-10H2,1-2H3,(H2,13,14);1H. The molecule has 0 bridgehead atoms. The SMILES string of the molecule is CCCCCN=C(N)N1CCCC(C)C1.I. The van der Waals surface area contributed by atoms with E-state index in [1.807, 2.05) is 0 Å². The van der Waals surface area contributed by atoms with Crippen LogP contribution in [0.15, 0.2) is 4.99 Å². The van der Waals surface area contributed by atoms with E-state index in [-0.39, 0.29) is 24.0 Å². The van der Waals surface area contributed by atoms with Gasteiger partial charge in [-0.1, -0.05) is 26.7 Å². The molecule has 0 aromatic carbocycles. The van der Waals surface area contributed by atoms with Crippen molar-refractivity contribution in [2.45, 2.75) is 46.0 Å². The average Bonchev–Trinajstić information content (AvgIpc) is 2.24. The molecule has 0 aromatic rings. The maximum absolute atomic E-state index is 5.97. The Balaban J connectivity index is 0.00000225. The topological polar surface area (TPSA) is 41.6 Å². The van der Waals surface area contributed by atoms with Gasteiger partial charge in [0.05, 0.1) is 0 Å². The first-order chi connectivity index (χ1) is 7.24. The predicted octanol–water partition coefficient (Wildman–Crippen LogP) is 2.84. The lowest BCUT2D eigenvalue weighted by Crippen LogP contribution is -2.43. The van der Waals surface area contributed by atoms with Crippen molar-refractivity contribution in [2.24, 2.45) is 16.6 Å². The van der Waals surface area contributed by atoms with Crippen LogP contribution in [0.4, 0.5) is 0 Å². The number of likely N-dealkylation sites (tertiary alicyclic amines) is 1. The van der Waals surface area contributed by atoms with Crippen molar-refractivity contribution in [1.29, 1.82) is 0 Å². The number of aliphatic imine (C=N–C) groups is 1. The molecule has 1 rings (SSSR count). The van der Waals surface area contributed by atoms with Gasteiger partial charge in [0.15, 0.2) is 5.96 Å². The van der Waals surface area contributed by atoms with Crippen LogP contribution in [0.3, 0.4) is 0 Å². The van der Waals surface area contributed by atoms with Crippen molar-refractivity contribution < 1.29 is 0 Å². The highest BCUT2D eigenvalue weighted by Crippen LogP contribution is 2.14. The number of piperidine rings is 1. The zero-order valence-electron chi connectivity index (χ0n) is 10.6. The maximum Gasteiger partial charge on any atom is 0.191 e. The second kappa shape index (κ2) is 9.07. The van der Waals surface area contributed by atoms with Crippen LogP contribution in [0, 0.1) is 5.92 Å². The van der Waals surface area contributed by atoms with Crippen LogP contribution in [0.25, 0.3) is 0 Å². The largest absolute Gasteiger partial charge is 0.370 e. The summed E-state index contributed by atoms with van der Waals surface area (Å²) in [5.41, 5.74) is 5.97. The molecule has 0 amide bonds. The second-order valence-corrected chi connectivity index (χ2v) is 4.64. The van der Waals surface area contributed by atoms with E-state index < -0.39 is 0 Å². The molecular weight excluding hydrogens is 313 g/mol. The van der Waals surface area contributed by atoms with Gasteiger partial charge in [0.2, 0.25) is 0 Å². The van der Waals surface area contributed by atoms with Crippen molar-refractivity contribution in [2.75, 3.05) is 19.6 Å². The van der Waals surface area contributed by atoms with Gasteiger partial charge in [0.1, 0.15) is 0 Å². The smallest absolute Gasteiger partial charge is 0.191 e. The molecular formula is C12H26IN3. The van der Waals surface area contributed by atoms with E-state index in [9.17, 15) is 0 Å². The first-order valence-electron chi connectivity index (χ1n) is 6.29.